The molecule has 6 rings (SSSR count). The largest absolute Gasteiger partial charge is 0.296 e. The molecule has 0 heterocycles. The fourth-order valence-corrected chi connectivity index (χ4v) is 11.8. The Morgan fingerprint density at radius 3 is 1.06 bits per heavy atom. The first-order chi connectivity index (χ1) is 24.9. The lowest BCUT2D eigenvalue weighted by Gasteiger charge is -2.20. The fourth-order valence-electron chi connectivity index (χ4n) is 5.01. The first-order valence-electron chi connectivity index (χ1n) is 15.0. The van der Waals surface area contributed by atoms with Crippen LogP contribution in [0.2, 0.25) is 15.1 Å². The van der Waals surface area contributed by atoms with E-state index < -0.39 is 46.2 Å². The summed E-state index contributed by atoms with van der Waals surface area (Å²) in [6, 6.07) is 40.6. The summed E-state index contributed by atoms with van der Waals surface area (Å²) in [6.07, 6.45) is 0. The molecule has 0 aliphatic heterocycles. The smallest absolute Gasteiger partial charge is 0.282 e. The highest BCUT2D eigenvalue weighted by molar-refractivity contribution is 7.86. The van der Waals surface area contributed by atoms with Crippen LogP contribution in [0.5, 0.6) is 0 Å². The maximum atomic E-state index is 11.6. The predicted molar refractivity (Wildman–Crippen MR) is 215 cm³/mol. The van der Waals surface area contributed by atoms with E-state index in [9.17, 15) is 29.8 Å². The van der Waals surface area contributed by atoms with Crippen molar-refractivity contribution in [2.45, 2.75) is 14.7 Å². The van der Waals surface area contributed by atoms with Crippen LogP contribution in [0.1, 0.15) is 0 Å². The van der Waals surface area contributed by atoms with Gasteiger partial charge in [0, 0.05) is 10.0 Å². The first-order valence-corrected chi connectivity index (χ1v) is 23.1. The van der Waals surface area contributed by atoms with Crippen LogP contribution in [-0.2, 0) is 30.4 Å². The SMILES string of the molecule is O=S(=O)(O)c1cc(P(c2ccc(Cl)cc2)c2ccc(Cl)cc2)ccc1Cl.O=S(=O)(O)c1ccc(P(c2ccccc2)c2ccc(S(=O)(=O)O)cc2)cc1. The summed E-state index contributed by atoms with van der Waals surface area (Å²) < 4.78 is 96.1. The molecular formula is C36H27Cl3O9P2S3. The van der Waals surface area contributed by atoms with Gasteiger partial charge in [-0.05, 0) is 108 Å². The maximum absolute atomic E-state index is 11.6. The van der Waals surface area contributed by atoms with E-state index in [1.807, 2.05) is 54.6 Å². The molecule has 17 heteroatoms. The summed E-state index contributed by atoms with van der Waals surface area (Å²) in [5.41, 5.74) is 0. The Morgan fingerprint density at radius 2 is 0.698 bits per heavy atom. The molecule has 6 aromatic rings. The second kappa shape index (κ2) is 17.1. The molecule has 0 radical (unpaired) electrons. The minimum absolute atomic E-state index is 0.0292. The van der Waals surface area contributed by atoms with E-state index in [0.29, 0.717) is 10.0 Å². The maximum Gasteiger partial charge on any atom is 0.296 e. The van der Waals surface area contributed by atoms with Crippen molar-refractivity contribution in [2.75, 3.05) is 0 Å². The van der Waals surface area contributed by atoms with Crippen LogP contribution in [0.25, 0.3) is 0 Å². The third-order valence-corrected chi connectivity index (χ3v) is 15.9. The van der Waals surface area contributed by atoms with Crippen molar-refractivity contribution in [1.29, 1.82) is 0 Å². The Hall–Kier alpha value is -3.22. The molecule has 3 N–H and O–H groups in total. The molecule has 0 aliphatic rings. The van der Waals surface area contributed by atoms with E-state index in [2.05, 4.69) is 0 Å². The third-order valence-electron chi connectivity index (χ3n) is 7.42. The normalized spacial score (nSPS) is 12.0. The highest BCUT2D eigenvalue weighted by atomic mass is 35.5. The lowest BCUT2D eigenvalue weighted by molar-refractivity contribution is 0.481. The standard InChI is InChI=1S/C18H12Cl3O3PS.C18H15O6PS2/c19-12-1-5-14(6-2-12)25(15-7-3-13(20)4-8-15)16-9-10-17(21)18(11-16)26(22,23)24;19-26(20,21)17-10-6-15(7-11-17)25(14-4-2-1-3-5-14)16-8-12-18(13-9-16)27(22,23)24/h1-11H,(H,22,23,24);1-13H,(H,19,20,21)(H,22,23,24). The van der Waals surface area contributed by atoms with Gasteiger partial charge < -0.3 is 0 Å². The van der Waals surface area contributed by atoms with Gasteiger partial charge in [0.1, 0.15) is 4.90 Å². The summed E-state index contributed by atoms with van der Waals surface area (Å²) >= 11 is 17.9. The van der Waals surface area contributed by atoms with Crippen LogP contribution in [0.4, 0.5) is 0 Å². The molecule has 0 fully saturated rings. The molecule has 53 heavy (non-hydrogen) atoms. The van der Waals surface area contributed by atoms with E-state index in [1.165, 1.54) is 36.4 Å². The molecule has 9 nitrogen and oxygen atoms in total. The Morgan fingerprint density at radius 1 is 0.377 bits per heavy atom. The lowest BCUT2D eigenvalue weighted by Crippen LogP contribution is -2.21. The van der Waals surface area contributed by atoms with Gasteiger partial charge in [-0.15, -0.1) is 0 Å². The average Bonchev–Trinajstić information content (AvgIpc) is 3.11. The summed E-state index contributed by atoms with van der Waals surface area (Å²) in [6.45, 7) is 0. The molecule has 0 aliphatic carbocycles. The Bertz CT molecular complexity index is 2420. The average molecular weight is 868 g/mol. The molecule has 274 valence electrons. The van der Waals surface area contributed by atoms with Crippen LogP contribution < -0.4 is 31.8 Å². The van der Waals surface area contributed by atoms with Crippen molar-refractivity contribution in [2.24, 2.45) is 0 Å². The van der Waals surface area contributed by atoms with Crippen LogP contribution in [0.15, 0.2) is 160 Å². The molecule has 0 atom stereocenters. The van der Waals surface area contributed by atoms with Crippen molar-refractivity contribution in [1.82, 2.24) is 0 Å². The number of rotatable bonds is 9. The fraction of sp³-hybridized carbons (Fsp3) is 0. The quantitative estimate of drug-likeness (QED) is 0.108. The van der Waals surface area contributed by atoms with Gasteiger partial charge in [-0.1, -0.05) is 120 Å². The van der Waals surface area contributed by atoms with E-state index in [1.54, 1.807) is 54.6 Å². The van der Waals surface area contributed by atoms with Crippen molar-refractivity contribution >= 4 is 113 Å². The Balaban J connectivity index is 0.000000204. The van der Waals surface area contributed by atoms with Crippen LogP contribution in [0, 0.1) is 0 Å². The Labute approximate surface area is 325 Å². The minimum atomic E-state index is -4.43. The second-order valence-corrected chi connectivity index (χ2v) is 20.9. The molecule has 0 bridgehead atoms. The Kier molecular flexibility index (Phi) is 13.2. The van der Waals surface area contributed by atoms with Gasteiger partial charge in [-0.3, -0.25) is 13.7 Å². The third kappa shape index (κ3) is 10.7. The van der Waals surface area contributed by atoms with Gasteiger partial charge in [-0.25, -0.2) is 0 Å². The van der Waals surface area contributed by atoms with Crippen LogP contribution in [0.3, 0.4) is 0 Å². The van der Waals surface area contributed by atoms with E-state index in [4.69, 9.17) is 43.9 Å². The predicted octanol–water partition coefficient (Wildman–Crippen LogP) is 6.59. The van der Waals surface area contributed by atoms with E-state index in [-0.39, 0.29) is 19.7 Å². The minimum Gasteiger partial charge on any atom is -0.282 e. The van der Waals surface area contributed by atoms with Crippen molar-refractivity contribution in [3.63, 3.8) is 0 Å². The van der Waals surface area contributed by atoms with Gasteiger partial charge in [0.2, 0.25) is 0 Å². The van der Waals surface area contributed by atoms with Crippen LogP contribution >= 0.6 is 50.6 Å². The van der Waals surface area contributed by atoms with Crippen molar-refractivity contribution < 1.29 is 38.9 Å². The summed E-state index contributed by atoms with van der Waals surface area (Å²) in [5, 5.41) is 6.47. The summed E-state index contributed by atoms with van der Waals surface area (Å²) in [4.78, 5) is -0.709. The van der Waals surface area contributed by atoms with Gasteiger partial charge in [0.15, 0.2) is 0 Å². The highest BCUT2D eigenvalue weighted by Crippen LogP contribution is 2.36. The van der Waals surface area contributed by atoms with Gasteiger partial charge in [0.25, 0.3) is 30.4 Å². The van der Waals surface area contributed by atoms with Crippen LogP contribution in [-0.4, -0.2) is 38.9 Å². The zero-order valence-corrected chi connectivity index (χ0v) is 33.4. The molecule has 6 aromatic carbocycles. The van der Waals surface area contributed by atoms with Gasteiger partial charge in [0.05, 0.1) is 14.8 Å². The van der Waals surface area contributed by atoms with E-state index >= 15 is 0 Å². The zero-order valence-electron chi connectivity index (χ0n) is 26.9. The number of hydrogen-bond donors (Lipinski definition) is 3. The first kappa shape index (κ1) is 41.0. The zero-order chi connectivity index (χ0) is 38.6. The molecule has 0 spiro atoms. The lowest BCUT2D eigenvalue weighted by atomic mass is 10.3. The molecular weight excluding hydrogens is 841 g/mol. The summed E-state index contributed by atoms with van der Waals surface area (Å²) in [7, 11) is -15.2. The highest BCUT2D eigenvalue weighted by Gasteiger charge is 2.22. The number of benzene rings is 6. The molecule has 0 aromatic heterocycles. The number of halogens is 3. The van der Waals surface area contributed by atoms with Gasteiger partial charge in [-0.2, -0.15) is 25.3 Å². The molecule has 0 amide bonds. The molecule has 0 saturated carbocycles. The van der Waals surface area contributed by atoms with Gasteiger partial charge >= 0.3 is 0 Å². The van der Waals surface area contributed by atoms with E-state index in [0.717, 1.165) is 31.8 Å². The number of hydrogen-bond acceptors (Lipinski definition) is 6. The van der Waals surface area contributed by atoms with Crippen molar-refractivity contribution in [3.8, 4) is 0 Å². The monoisotopic (exact) mass is 866 g/mol. The summed E-state index contributed by atoms with van der Waals surface area (Å²) in [5.74, 6) is 0. The molecule has 0 unspecified atom stereocenters. The second-order valence-electron chi connectivity index (χ2n) is 11.0. The van der Waals surface area contributed by atoms with Crippen molar-refractivity contribution in [3.05, 3.63) is 161 Å². The molecule has 0 saturated heterocycles. The topological polar surface area (TPSA) is 163 Å².